The topological polar surface area (TPSA) is 71.1 Å². The van der Waals surface area contributed by atoms with Crippen LogP contribution in [0.25, 0.3) is 10.9 Å². The van der Waals surface area contributed by atoms with E-state index in [2.05, 4.69) is 15.0 Å². The van der Waals surface area contributed by atoms with Crippen LogP contribution in [0.1, 0.15) is 12.8 Å². The summed E-state index contributed by atoms with van der Waals surface area (Å²) in [5.74, 6) is 0.344. The third kappa shape index (κ3) is 3.71. The summed E-state index contributed by atoms with van der Waals surface area (Å²) in [4.78, 5) is 4.27. The first-order chi connectivity index (χ1) is 10.1. The van der Waals surface area contributed by atoms with Gasteiger partial charge in [-0.05, 0) is 44.0 Å². The van der Waals surface area contributed by atoms with Gasteiger partial charge in [-0.1, -0.05) is 18.2 Å². The van der Waals surface area contributed by atoms with Gasteiger partial charge >= 0.3 is 0 Å². The van der Waals surface area contributed by atoms with E-state index in [-0.39, 0.29) is 11.7 Å². The number of sulfonamides is 1. The van der Waals surface area contributed by atoms with E-state index < -0.39 is 10.0 Å². The Morgan fingerprint density at radius 2 is 2.19 bits per heavy atom. The molecule has 0 bridgehead atoms. The molecule has 1 aromatic heterocycles. The molecule has 0 aliphatic carbocycles. The van der Waals surface area contributed by atoms with Crippen molar-refractivity contribution in [2.24, 2.45) is 5.92 Å². The highest BCUT2D eigenvalue weighted by Crippen LogP contribution is 2.19. The van der Waals surface area contributed by atoms with Gasteiger partial charge in [0.2, 0.25) is 10.0 Å². The first-order valence-corrected chi connectivity index (χ1v) is 8.84. The minimum Gasteiger partial charge on any atom is -0.316 e. The predicted molar refractivity (Wildman–Crippen MR) is 84.7 cm³/mol. The molecular formula is C15H19N3O2S. The number of hydrogen-bond donors (Lipinski definition) is 2. The molecule has 0 amide bonds. The molecule has 3 rings (SSSR count). The fourth-order valence-electron chi connectivity index (χ4n) is 2.72. The summed E-state index contributed by atoms with van der Waals surface area (Å²) < 4.78 is 27.1. The maximum Gasteiger partial charge on any atom is 0.233 e. The Morgan fingerprint density at radius 1 is 1.33 bits per heavy atom. The number of piperidine rings is 1. The van der Waals surface area contributed by atoms with Crippen LogP contribution in [0.15, 0.2) is 36.5 Å². The first-order valence-electron chi connectivity index (χ1n) is 7.18. The SMILES string of the molecule is O=S(=O)(CC1CCCNC1)Nc1cnc2ccccc2c1. The van der Waals surface area contributed by atoms with E-state index in [1.165, 1.54) is 0 Å². The lowest BCUT2D eigenvalue weighted by atomic mass is 10.0. The van der Waals surface area contributed by atoms with E-state index in [9.17, 15) is 8.42 Å². The molecule has 2 heterocycles. The zero-order valence-electron chi connectivity index (χ0n) is 11.7. The van der Waals surface area contributed by atoms with Crippen molar-refractivity contribution in [2.45, 2.75) is 12.8 Å². The van der Waals surface area contributed by atoms with Gasteiger partial charge in [-0.2, -0.15) is 0 Å². The fraction of sp³-hybridized carbons (Fsp3) is 0.400. The number of nitrogens with one attached hydrogen (secondary N) is 2. The lowest BCUT2D eigenvalue weighted by molar-refractivity contribution is 0.404. The molecule has 0 spiro atoms. The number of fused-ring (bicyclic) bond motifs is 1. The van der Waals surface area contributed by atoms with E-state index in [0.717, 1.165) is 36.8 Å². The zero-order chi connectivity index (χ0) is 14.7. The third-order valence-electron chi connectivity index (χ3n) is 3.72. The Kier molecular flexibility index (Phi) is 4.07. The molecule has 1 aliphatic heterocycles. The van der Waals surface area contributed by atoms with Crippen molar-refractivity contribution in [1.29, 1.82) is 0 Å². The molecule has 2 N–H and O–H groups in total. The van der Waals surface area contributed by atoms with Crippen molar-refractivity contribution in [2.75, 3.05) is 23.6 Å². The Morgan fingerprint density at radius 3 is 3.00 bits per heavy atom. The molecule has 6 heteroatoms. The lowest BCUT2D eigenvalue weighted by Crippen LogP contribution is -2.35. The molecule has 0 saturated carbocycles. The average molecular weight is 305 g/mol. The second-order valence-corrected chi connectivity index (χ2v) is 7.28. The van der Waals surface area contributed by atoms with Gasteiger partial charge in [0.05, 0.1) is 23.2 Å². The molecule has 1 aromatic carbocycles. The van der Waals surface area contributed by atoms with Crippen LogP contribution in [0, 0.1) is 5.92 Å². The van der Waals surface area contributed by atoms with E-state index in [4.69, 9.17) is 0 Å². The number of rotatable bonds is 4. The van der Waals surface area contributed by atoms with Gasteiger partial charge in [-0.25, -0.2) is 8.42 Å². The van der Waals surface area contributed by atoms with E-state index >= 15 is 0 Å². The molecule has 21 heavy (non-hydrogen) atoms. The second-order valence-electron chi connectivity index (χ2n) is 5.51. The average Bonchev–Trinajstić information content (AvgIpc) is 2.47. The number of aromatic nitrogens is 1. The van der Waals surface area contributed by atoms with E-state index in [1.807, 2.05) is 30.3 Å². The van der Waals surface area contributed by atoms with Crippen molar-refractivity contribution in [3.8, 4) is 0 Å². The summed E-state index contributed by atoms with van der Waals surface area (Å²) >= 11 is 0. The monoisotopic (exact) mass is 305 g/mol. The molecule has 1 fully saturated rings. The third-order valence-corrected chi connectivity index (χ3v) is 5.17. The van der Waals surface area contributed by atoms with Crippen LogP contribution in [0.5, 0.6) is 0 Å². The smallest absolute Gasteiger partial charge is 0.233 e. The van der Waals surface area contributed by atoms with Crippen LogP contribution in [0.3, 0.4) is 0 Å². The van der Waals surface area contributed by atoms with Gasteiger partial charge < -0.3 is 5.32 Å². The molecule has 112 valence electrons. The number of anilines is 1. The highest BCUT2D eigenvalue weighted by Gasteiger charge is 2.21. The first kappa shape index (κ1) is 14.3. The Balaban J connectivity index is 1.73. The van der Waals surface area contributed by atoms with E-state index in [1.54, 1.807) is 6.20 Å². The van der Waals surface area contributed by atoms with Crippen molar-refractivity contribution in [3.05, 3.63) is 36.5 Å². The minimum atomic E-state index is -3.33. The Bertz CT molecular complexity index is 725. The molecule has 1 unspecified atom stereocenters. The number of benzene rings is 1. The summed E-state index contributed by atoms with van der Waals surface area (Å²) in [5.41, 5.74) is 1.38. The number of para-hydroxylation sites is 1. The number of pyridine rings is 1. The van der Waals surface area contributed by atoms with Crippen LogP contribution < -0.4 is 10.0 Å². The highest BCUT2D eigenvalue weighted by atomic mass is 32.2. The fourth-order valence-corrected chi connectivity index (χ4v) is 4.18. The van der Waals surface area contributed by atoms with E-state index in [0.29, 0.717) is 5.69 Å². The molecule has 1 atom stereocenters. The summed E-state index contributed by atoms with van der Waals surface area (Å²) in [6.07, 6.45) is 3.57. The van der Waals surface area contributed by atoms with Crippen molar-refractivity contribution >= 4 is 26.6 Å². The standard InChI is InChI=1S/C15H19N3O2S/c19-21(20,11-12-4-3-7-16-9-12)18-14-8-13-5-1-2-6-15(13)17-10-14/h1-2,5-6,8,10,12,16,18H,3-4,7,9,11H2. The predicted octanol–water partition coefficient (Wildman–Crippen LogP) is 1.98. The van der Waals surface area contributed by atoms with Gasteiger partial charge in [0.1, 0.15) is 0 Å². The zero-order valence-corrected chi connectivity index (χ0v) is 12.6. The number of nitrogens with zero attached hydrogens (tertiary/aromatic N) is 1. The highest BCUT2D eigenvalue weighted by molar-refractivity contribution is 7.92. The summed E-state index contributed by atoms with van der Waals surface area (Å²) in [7, 11) is -3.33. The Labute approximate surface area is 124 Å². The Hall–Kier alpha value is -1.66. The van der Waals surface area contributed by atoms with Crippen molar-refractivity contribution < 1.29 is 8.42 Å². The van der Waals surface area contributed by atoms with Gasteiger partial charge in [-0.15, -0.1) is 0 Å². The molecule has 1 aliphatic rings. The van der Waals surface area contributed by atoms with Crippen LogP contribution in [0.2, 0.25) is 0 Å². The van der Waals surface area contributed by atoms with Crippen LogP contribution in [0.4, 0.5) is 5.69 Å². The maximum absolute atomic E-state index is 12.2. The van der Waals surface area contributed by atoms with Crippen molar-refractivity contribution in [3.63, 3.8) is 0 Å². The lowest BCUT2D eigenvalue weighted by Gasteiger charge is -2.22. The maximum atomic E-state index is 12.2. The van der Waals surface area contributed by atoms with Gasteiger partial charge in [0.15, 0.2) is 0 Å². The van der Waals surface area contributed by atoms with Gasteiger partial charge in [-0.3, -0.25) is 9.71 Å². The molecule has 1 saturated heterocycles. The second kappa shape index (κ2) is 5.99. The molecule has 5 nitrogen and oxygen atoms in total. The van der Waals surface area contributed by atoms with Gasteiger partial charge in [0.25, 0.3) is 0 Å². The summed E-state index contributed by atoms with van der Waals surface area (Å²) in [5, 5.41) is 4.17. The van der Waals surface area contributed by atoms with Crippen LogP contribution in [-0.4, -0.2) is 32.2 Å². The van der Waals surface area contributed by atoms with Gasteiger partial charge in [0, 0.05) is 5.39 Å². The summed E-state index contributed by atoms with van der Waals surface area (Å²) in [6, 6.07) is 9.47. The molecular weight excluding hydrogens is 286 g/mol. The minimum absolute atomic E-state index is 0.160. The van der Waals surface area contributed by atoms with Crippen molar-refractivity contribution in [1.82, 2.24) is 10.3 Å². The van der Waals surface area contributed by atoms with Crippen LogP contribution >= 0.6 is 0 Å². The number of hydrogen-bond acceptors (Lipinski definition) is 4. The normalized spacial score (nSPS) is 19.5. The molecule has 0 radical (unpaired) electrons. The summed E-state index contributed by atoms with van der Waals surface area (Å²) in [6.45, 7) is 1.76. The molecule has 2 aromatic rings. The van der Waals surface area contributed by atoms with Crippen LogP contribution in [-0.2, 0) is 10.0 Å². The quantitative estimate of drug-likeness (QED) is 0.906. The largest absolute Gasteiger partial charge is 0.316 e.